The monoisotopic (exact) mass is 274 g/mol. The van der Waals surface area contributed by atoms with E-state index in [1.165, 1.54) is 0 Å². The van der Waals surface area contributed by atoms with Crippen LogP contribution in [0.1, 0.15) is 16.1 Å². The van der Waals surface area contributed by atoms with Crippen molar-refractivity contribution >= 4 is 22.5 Å². The molecular weight excluding hydrogens is 264 g/mol. The van der Waals surface area contributed by atoms with E-state index < -0.39 is 0 Å². The molecule has 4 aromatic rings. The van der Waals surface area contributed by atoms with Gasteiger partial charge in [-0.15, -0.1) is 10.2 Å². The maximum Gasteiger partial charge on any atom is 0.215 e. The molecule has 0 bridgehead atoms. The molecule has 2 heterocycles. The summed E-state index contributed by atoms with van der Waals surface area (Å²) < 4.78 is 1.79. The van der Waals surface area contributed by atoms with Crippen LogP contribution in [-0.4, -0.2) is 25.4 Å². The Balaban J connectivity index is 2.03. The molecule has 0 radical (unpaired) electrons. The Hall–Kier alpha value is -3.08. The number of ketones is 1. The van der Waals surface area contributed by atoms with Crippen molar-refractivity contribution in [2.75, 3.05) is 0 Å². The second-order valence-electron chi connectivity index (χ2n) is 4.67. The van der Waals surface area contributed by atoms with Gasteiger partial charge in [0.25, 0.3) is 0 Å². The maximum atomic E-state index is 12.7. The van der Waals surface area contributed by atoms with E-state index in [0.29, 0.717) is 16.9 Å². The minimum Gasteiger partial charge on any atom is -0.287 e. The van der Waals surface area contributed by atoms with E-state index >= 15 is 0 Å². The van der Waals surface area contributed by atoms with Crippen LogP contribution in [0.3, 0.4) is 0 Å². The first-order valence-corrected chi connectivity index (χ1v) is 6.53. The van der Waals surface area contributed by atoms with Crippen molar-refractivity contribution in [3.05, 3.63) is 72.2 Å². The van der Waals surface area contributed by atoms with Crippen molar-refractivity contribution in [2.45, 2.75) is 0 Å². The lowest BCUT2D eigenvalue weighted by molar-refractivity contribution is 0.103. The zero-order valence-corrected chi connectivity index (χ0v) is 11.0. The Morgan fingerprint density at radius 3 is 2.57 bits per heavy atom. The summed E-state index contributed by atoms with van der Waals surface area (Å²) in [5.41, 5.74) is 3.00. The largest absolute Gasteiger partial charge is 0.287 e. The maximum absolute atomic E-state index is 12.7. The van der Waals surface area contributed by atoms with Gasteiger partial charge in [-0.2, -0.15) is 0 Å². The van der Waals surface area contributed by atoms with E-state index in [1.54, 1.807) is 22.9 Å². The quantitative estimate of drug-likeness (QED) is 0.527. The molecule has 0 aliphatic heterocycles. The number of carbonyl (C=O) groups is 1. The van der Waals surface area contributed by atoms with Crippen molar-refractivity contribution in [3.8, 4) is 0 Å². The number of hydrogen-bond donors (Lipinski definition) is 0. The Bertz CT molecular complexity index is 960. The highest BCUT2D eigenvalue weighted by Crippen LogP contribution is 2.18. The van der Waals surface area contributed by atoms with Gasteiger partial charge in [0.2, 0.25) is 5.78 Å². The van der Waals surface area contributed by atoms with Crippen LogP contribution in [0.4, 0.5) is 0 Å². The average Bonchev–Trinajstić information content (AvgIpc) is 3.04. The number of para-hydroxylation sites is 2. The van der Waals surface area contributed by atoms with Crippen LogP contribution in [0.25, 0.3) is 16.7 Å². The standard InChI is InChI=1S/C16H10N4O/c21-15(11-6-2-1-3-7-11)14-16-19-17-10-20(16)13-9-5-4-8-12(13)18-14/h1-10H. The molecule has 0 atom stereocenters. The lowest BCUT2D eigenvalue weighted by Gasteiger charge is -2.05. The van der Waals surface area contributed by atoms with Crippen molar-refractivity contribution in [1.29, 1.82) is 0 Å². The Kier molecular flexibility index (Phi) is 2.50. The first kappa shape index (κ1) is 11.7. The number of rotatable bonds is 2. The highest BCUT2D eigenvalue weighted by atomic mass is 16.1. The third-order valence-electron chi connectivity index (χ3n) is 3.38. The van der Waals surface area contributed by atoms with Crippen molar-refractivity contribution < 1.29 is 4.79 Å². The van der Waals surface area contributed by atoms with Gasteiger partial charge >= 0.3 is 0 Å². The van der Waals surface area contributed by atoms with Gasteiger partial charge in [-0.3, -0.25) is 9.20 Å². The molecule has 0 fully saturated rings. The summed E-state index contributed by atoms with van der Waals surface area (Å²) in [5.74, 6) is -0.153. The van der Waals surface area contributed by atoms with E-state index in [1.807, 2.05) is 42.5 Å². The normalized spacial score (nSPS) is 11.0. The van der Waals surface area contributed by atoms with Crippen molar-refractivity contribution in [2.24, 2.45) is 0 Å². The van der Waals surface area contributed by atoms with E-state index in [0.717, 1.165) is 11.0 Å². The molecule has 0 unspecified atom stereocenters. The third kappa shape index (κ3) is 1.79. The summed E-state index contributed by atoms with van der Waals surface area (Å²) in [4.78, 5) is 17.1. The summed E-state index contributed by atoms with van der Waals surface area (Å²) in [7, 11) is 0. The number of carbonyl (C=O) groups excluding carboxylic acids is 1. The van der Waals surface area contributed by atoms with Crippen LogP contribution in [0.2, 0.25) is 0 Å². The van der Waals surface area contributed by atoms with Crippen LogP contribution in [-0.2, 0) is 0 Å². The van der Waals surface area contributed by atoms with Gasteiger partial charge in [0.05, 0.1) is 11.0 Å². The summed E-state index contributed by atoms with van der Waals surface area (Å²) in [6.07, 6.45) is 1.60. The fourth-order valence-corrected chi connectivity index (χ4v) is 2.38. The minimum absolute atomic E-state index is 0.153. The summed E-state index contributed by atoms with van der Waals surface area (Å²) in [5, 5.41) is 7.95. The molecule has 21 heavy (non-hydrogen) atoms. The topological polar surface area (TPSA) is 60.2 Å². The predicted molar refractivity (Wildman–Crippen MR) is 78.2 cm³/mol. The molecule has 0 saturated carbocycles. The Morgan fingerprint density at radius 2 is 1.71 bits per heavy atom. The summed E-state index contributed by atoms with van der Waals surface area (Å²) in [6, 6.07) is 16.7. The molecule has 0 amide bonds. The van der Waals surface area contributed by atoms with E-state index in [9.17, 15) is 4.79 Å². The molecule has 4 rings (SSSR count). The second kappa shape index (κ2) is 4.49. The third-order valence-corrected chi connectivity index (χ3v) is 3.38. The second-order valence-corrected chi connectivity index (χ2v) is 4.67. The van der Waals surface area contributed by atoms with Gasteiger partial charge in [-0.05, 0) is 12.1 Å². The lowest BCUT2D eigenvalue weighted by atomic mass is 10.1. The first-order valence-electron chi connectivity index (χ1n) is 6.53. The smallest absolute Gasteiger partial charge is 0.215 e. The molecule has 2 aromatic carbocycles. The molecule has 2 aromatic heterocycles. The molecule has 0 aliphatic rings. The lowest BCUT2D eigenvalue weighted by Crippen LogP contribution is -2.08. The van der Waals surface area contributed by atoms with Gasteiger partial charge in [-0.1, -0.05) is 42.5 Å². The number of nitrogens with zero attached hydrogens (tertiary/aromatic N) is 4. The van der Waals surface area contributed by atoms with Gasteiger partial charge in [-0.25, -0.2) is 4.98 Å². The van der Waals surface area contributed by atoms with Crippen LogP contribution in [0.15, 0.2) is 60.9 Å². The SMILES string of the molecule is O=C(c1ccccc1)c1nc2ccccc2n2cnnc12. The fraction of sp³-hybridized carbons (Fsp3) is 0. The van der Waals surface area contributed by atoms with Crippen LogP contribution in [0.5, 0.6) is 0 Å². The highest BCUT2D eigenvalue weighted by Gasteiger charge is 2.18. The number of hydrogen-bond acceptors (Lipinski definition) is 4. The van der Waals surface area contributed by atoms with E-state index in [-0.39, 0.29) is 5.78 Å². The Labute approximate surface area is 119 Å². The van der Waals surface area contributed by atoms with Crippen LogP contribution >= 0.6 is 0 Å². The molecule has 0 N–H and O–H groups in total. The molecule has 5 heteroatoms. The minimum atomic E-state index is -0.153. The molecule has 100 valence electrons. The molecule has 0 spiro atoms. The van der Waals surface area contributed by atoms with Gasteiger partial charge in [0.1, 0.15) is 6.33 Å². The zero-order valence-electron chi connectivity index (χ0n) is 11.0. The van der Waals surface area contributed by atoms with Crippen LogP contribution in [0, 0.1) is 0 Å². The zero-order chi connectivity index (χ0) is 14.2. The fourth-order valence-electron chi connectivity index (χ4n) is 2.38. The summed E-state index contributed by atoms with van der Waals surface area (Å²) in [6.45, 7) is 0. The highest BCUT2D eigenvalue weighted by molar-refractivity contribution is 6.12. The van der Waals surface area contributed by atoms with E-state index in [4.69, 9.17) is 0 Å². The van der Waals surface area contributed by atoms with Crippen LogP contribution < -0.4 is 0 Å². The molecule has 0 saturated heterocycles. The van der Waals surface area contributed by atoms with Gasteiger partial charge in [0, 0.05) is 5.56 Å². The van der Waals surface area contributed by atoms with Gasteiger partial charge in [0.15, 0.2) is 11.3 Å². The number of aromatic nitrogens is 4. The average molecular weight is 274 g/mol. The van der Waals surface area contributed by atoms with Gasteiger partial charge < -0.3 is 0 Å². The molecular formula is C16H10N4O. The van der Waals surface area contributed by atoms with Crippen molar-refractivity contribution in [3.63, 3.8) is 0 Å². The van der Waals surface area contributed by atoms with E-state index in [2.05, 4.69) is 15.2 Å². The molecule has 5 nitrogen and oxygen atoms in total. The first-order chi connectivity index (χ1) is 10.3. The van der Waals surface area contributed by atoms with Crippen molar-refractivity contribution in [1.82, 2.24) is 19.6 Å². The summed E-state index contributed by atoms with van der Waals surface area (Å²) >= 11 is 0. The molecule has 0 aliphatic carbocycles. The Morgan fingerprint density at radius 1 is 0.952 bits per heavy atom. The number of benzene rings is 2. The predicted octanol–water partition coefficient (Wildman–Crippen LogP) is 2.51. The number of fused-ring (bicyclic) bond motifs is 3.